The Morgan fingerprint density at radius 1 is 1.31 bits per heavy atom. The van der Waals surface area contributed by atoms with Crippen molar-refractivity contribution in [2.75, 3.05) is 0 Å². The van der Waals surface area contributed by atoms with Crippen LogP contribution < -0.4 is 0 Å². The molecule has 1 aliphatic rings. The average molecular weight is 296 g/mol. The standard InChI is InChI=1S/C11H21IO/c1-2-7-11(13)8-4-3-5-10(12)6-9-11/h10,13H,2-9H2,1H3. The van der Waals surface area contributed by atoms with Crippen LogP contribution in [0.1, 0.15) is 58.3 Å². The lowest BCUT2D eigenvalue weighted by molar-refractivity contribution is 0.00637. The minimum Gasteiger partial charge on any atom is -0.390 e. The van der Waals surface area contributed by atoms with E-state index >= 15 is 0 Å². The Morgan fingerprint density at radius 3 is 2.77 bits per heavy atom. The van der Waals surface area contributed by atoms with Crippen molar-refractivity contribution in [3.63, 3.8) is 0 Å². The van der Waals surface area contributed by atoms with Crippen molar-refractivity contribution < 1.29 is 5.11 Å². The number of aliphatic hydroxyl groups is 1. The molecule has 78 valence electrons. The van der Waals surface area contributed by atoms with Crippen molar-refractivity contribution in [2.45, 2.75) is 67.8 Å². The van der Waals surface area contributed by atoms with Crippen molar-refractivity contribution in [1.29, 1.82) is 0 Å². The van der Waals surface area contributed by atoms with Crippen molar-refractivity contribution in [3.8, 4) is 0 Å². The average Bonchev–Trinajstić information content (AvgIpc) is 2.08. The van der Waals surface area contributed by atoms with Gasteiger partial charge in [0.1, 0.15) is 0 Å². The predicted molar refractivity (Wildman–Crippen MR) is 65.4 cm³/mol. The van der Waals surface area contributed by atoms with Gasteiger partial charge in [-0.25, -0.2) is 0 Å². The van der Waals surface area contributed by atoms with Gasteiger partial charge in [0.05, 0.1) is 5.60 Å². The summed E-state index contributed by atoms with van der Waals surface area (Å²) in [6.07, 6.45) is 9.24. The molecular formula is C11H21IO. The summed E-state index contributed by atoms with van der Waals surface area (Å²) in [5, 5.41) is 10.3. The number of hydrogen-bond acceptors (Lipinski definition) is 1. The quantitative estimate of drug-likeness (QED) is 0.609. The maximum atomic E-state index is 10.3. The van der Waals surface area contributed by atoms with Crippen molar-refractivity contribution >= 4 is 22.6 Å². The third kappa shape index (κ3) is 4.15. The summed E-state index contributed by atoms with van der Waals surface area (Å²) in [6.45, 7) is 2.16. The van der Waals surface area contributed by atoms with Gasteiger partial charge in [-0.15, -0.1) is 0 Å². The van der Waals surface area contributed by atoms with Crippen molar-refractivity contribution in [3.05, 3.63) is 0 Å². The first-order chi connectivity index (χ1) is 6.16. The molecule has 0 spiro atoms. The predicted octanol–water partition coefficient (Wildman–Crippen LogP) is 3.68. The molecule has 2 atom stereocenters. The van der Waals surface area contributed by atoms with E-state index in [0.29, 0.717) is 0 Å². The van der Waals surface area contributed by atoms with Crippen LogP contribution in [-0.2, 0) is 0 Å². The van der Waals surface area contributed by atoms with E-state index in [1.54, 1.807) is 0 Å². The Bertz CT molecular complexity index is 149. The fourth-order valence-corrected chi connectivity index (χ4v) is 2.98. The molecule has 1 aliphatic carbocycles. The van der Waals surface area contributed by atoms with Crippen LogP contribution in [0.4, 0.5) is 0 Å². The molecule has 0 radical (unpaired) electrons. The monoisotopic (exact) mass is 296 g/mol. The van der Waals surface area contributed by atoms with E-state index < -0.39 is 0 Å². The van der Waals surface area contributed by atoms with E-state index in [0.717, 1.165) is 29.6 Å². The van der Waals surface area contributed by atoms with Gasteiger partial charge < -0.3 is 5.11 Å². The maximum absolute atomic E-state index is 10.3. The Balaban J connectivity index is 2.43. The minimum absolute atomic E-state index is 0.321. The fraction of sp³-hybridized carbons (Fsp3) is 1.00. The molecule has 0 saturated heterocycles. The van der Waals surface area contributed by atoms with Crippen LogP contribution in [0.15, 0.2) is 0 Å². The first kappa shape index (κ1) is 11.8. The Morgan fingerprint density at radius 2 is 2.08 bits per heavy atom. The van der Waals surface area contributed by atoms with Gasteiger partial charge in [-0.05, 0) is 32.1 Å². The van der Waals surface area contributed by atoms with Crippen LogP contribution in [0.25, 0.3) is 0 Å². The Kier molecular flexibility index (Phi) is 5.01. The maximum Gasteiger partial charge on any atom is 0.0648 e. The molecule has 0 aliphatic heterocycles. The molecule has 0 aromatic rings. The van der Waals surface area contributed by atoms with Gasteiger partial charge in [0.15, 0.2) is 0 Å². The zero-order chi connectivity index (χ0) is 9.73. The van der Waals surface area contributed by atoms with Crippen LogP contribution in [0, 0.1) is 0 Å². The van der Waals surface area contributed by atoms with E-state index in [9.17, 15) is 5.11 Å². The lowest BCUT2D eigenvalue weighted by Gasteiger charge is -2.31. The molecule has 1 rings (SSSR count). The second-order valence-electron chi connectivity index (χ2n) is 4.36. The highest BCUT2D eigenvalue weighted by Gasteiger charge is 2.27. The molecule has 0 bridgehead atoms. The number of hydrogen-bond donors (Lipinski definition) is 1. The minimum atomic E-state index is -0.321. The SMILES string of the molecule is CCCC1(O)CCCCC(I)CC1. The lowest BCUT2D eigenvalue weighted by atomic mass is 9.84. The highest BCUT2D eigenvalue weighted by molar-refractivity contribution is 14.1. The zero-order valence-electron chi connectivity index (χ0n) is 8.56. The largest absolute Gasteiger partial charge is 0.390 e. The second-order valence-corrected chi connectivity index (χ2v) is 6.12. The summed E-state index contributed by atoms with van der Waals surface area (Å²) >= 11 is 2.53. The van der Waals surface area contributed by atoms with Gasteiger partial charge in [-0.2, -0.15) is 0 Å². The van der Waals surface area contributed by atoms with Gasteiger partial charge in [-0.3, -0.25) is 0 Å². The van der Waals surface area contributed by atoms with E-state index in [2.05, 4.69) is 29.5 Å². The molecule has 0 aromatic carbocycles. The highest BCUT2D eigenvalue weighted by Crippen LogP contribution is 2.32. The molecule has 0 aromatic heterocycles. The normalized spacial score (nSPS) is 36.7. The molecule has 1 fully saturated rings. The van der Waals surface area contributed by atoms with E-state index in [1.165, 1.54) is 25.7 Å². The number of rotatable bonds is 2. The van der Waals surface area contributed by atoms with Gasteiger partial charge in [0.25, 0.3) is 0 Å². The summed E-state index contributed by atoms with van der Waals surface area (Å²) in [6, 6.07) is 0. The number of halogens is 1. The second kappa shape index (κ2) is 5.54. The van der Waals surface area contributed by atoms with Crippen LogP contribution in [0.3, 0.4) is 0 Å². The van der Waals surface area contributed by atoms with Crippen LogP contribution >= 0.6 is 22.6 Å². The number of alkyl halides is 1. The summed E-state index contributed by atoms with van der Waals surface area (Å²) in [5.41, 5.74) is -0.321. The zero-order valence-corrected chi connectivity index (χ0v) is 10.7. The van der Waals surface area contributed by atoms with Gasteiger partial charge in [0.2, 0.25) is 0 Å². The molecule has 2 unspecified atom stereocenters. The van der Waals surface area contributed by atoms with Gasteiger partial charge in [0, 0.05) is 3.92 Å². The Hall–Kier alpha value is 0.690. The van der Waals surface area contributed by atoms with Crippen LogP contribution in [-0.4, -0.2) is 14.6 Å². The van der Waals surface area contributed by atoms with Gasteiger partial charge in [-0.1, -0.05) is 48.8 Å². The molecular weight excluding hydrogens is 275 g/mol. The van der Waals surface area contributed by atoms with Crippen molar-refractivity contribution in [1.82, 2.24) is 0 Å². The summed E-state index contributed by atoms with van der Waals surface area (Å²) < 4.78 is 0.793. The first-order valence-electron chi connectivity index (χ1n) is 5.53. The molecule has 0 heterocycles. The van der Waals surface area contributed by atoms with E-state index in [1.807, 2.05) is 0 Å². The topological polar surface area (TPSA) is 20.2 Å². The molecule has 2 heteroatoms. The van der Waals surface area contributed by atoms with E-state index in [-0.39, 0.29) is 5.60 Å². The molecule has 0 amide bonds. The van der Waals surface area contributed by atoms with Crippen LogP contribution in [0.5, 0.6) is 0 Å². The summed E-state index contributed by atoms with van der Waals surface area (Å²) in [7, 11) is 0. The summed E-state index contributed by atoms with van der Waals surface area (Å²) in [5.74, 6) is 0. The third-order valence-electron chi connectivity index (χ3n) is 3.05. The van der Waals surface area contributed by atoms with Crippen molar-refractivity contribution in [2.24, 2.45) is 0 Å². The first-order valence-corrected chi connectivity index (χ1v) is 6.77. The van der Waals surface area contributed by atoms with Crippen LogP contribution in [0.2, 0.25) is 0 Å². The molecule has 1 N–H and O–H groups in total. The molecule has 13 heavy (non-hydrogen) atoms. The lowest BCUT2D eigenvalue weighted by Crippen LogP contribution is -2.30. The molecule has 1 nitrogen and oxygen atoms in total. The third-order valence-corrected chi connectivity index (χ3v) is 4.29. The molecule has 1 saturated carbocycles. The summed E-state index contributed by atoms with van der Waals surface area (Å²) in [4.78, 5) is 0. The Labute approximate surface area is 95.4 Å². The fourth-order valence-electron chi connectivity index (χ4n) is 2.23. The van der Waals surface area contributed by atoms with Gasteiger partial charge >= 0.3 is 0 Å². The van der Waals surface area contributed by atoms with E-state index in [4.69, 9.17) is 0 Å². The highest BCUT2D eigenvalue weighted by atomic mass is 127. The smallest absolute Gasteiger partial charge is 0.0648 e.